The van der Waals surface area contributed by atoms with Crippen LogP contribution in [-0.4, -0.2) is 31.2 Å². The molecule has 1 heterocycles. The van der Waals surface area contributed by atoms with Crippen molar-refractivity contribution in [2.24, 2.45) is 5.92 Å². The van der Waals surface area contributed by atoms with Crippen LogP contribution in [0, 0.1) is 5.92 Å². The molecule has 1 aliphatic rings. The lowest BCUT2D eigenvalue weighted by Gasteiger charge is -2.32. The van der Waals surface area contributed by atoms with Gasteiger partial charge in [0.2, 0.25) is 0 Å². The van der Waals surface area contributed by atoms with Gasteiger partial charge in [-0.2, -0.15) is 0 Å². The monoisotopic (exact) mass is 451 g/mol. The standard InChI is InChI=1S/C21H23Cl2N3O2S/c1-13-7-9-26(10-8-13)16-5-3-15(4-6-16)24-21(29)25-20(27)17-11-14(22)12-18(23)19(17)28-2/h3-6,11-13H,7-10H2,1-2H3,(H2,24,25,27,29). The minimum absolute atomic E-state index is 0.174. The molecule has 1 aliphatic heterocycles. The third-order valence-electron chi connectivity index (χ3n) is 4.96. The Morgan fingerprint density at radius 2 is 1.83 bits per heavy atom. The predicted octanol–water partition coefficient (Wildman–Crippen LogP) is 5.37. The maximum absolute atomic E-state index is 12.6. The number of hydrogen-bond acceptors (Lipinski definition) is 4. The Balaban J connectivity index is 1.62. The molecule has 0 radical (unpaired) electrons. The number of amides is 1. The number of thiocarbonyl (C=S) groups is 1. The molecular weight excluding hydrogens is 429 g/mol. The van der Waals surface area contributed by atoms with Crippen LogP contribution >= 0.6 is 35.4 Å². The summed E-state index contributed by atoms with van der Waals surface area (Å²) >= 11 is 17.4. The zero-order chi connectivity index (χ0) is 21.0. The number of methoxy groups -OCH3 is 1. The summed E-state index contributed by atoms with van der Waals surface area (Å²) < 4.78 is 5.21. The summed E-state index contributed by atoms with van der Waals surface area (Å²) in [6, 6.07) is 11.0. The molecular formula is C21H23Cl2N3O2S. The van der Waals surface area contributed by atoms with Crippen molar-refractivity contribution >= 4 is 57.8 Å². The minimum Gasteiger partial charge on any atom is -0.494 e. The highest BCUT2D eigenvalue weighted by Crippen LogP contribution is 2.32. The topological polar surface area (TPSA) is 53.6 Å². The maximum Gasteiger partial charge on any atom is 0.261 e. The molecule has 2 N–H and O–H groups in total. The van der Waals surface area contributed by atoms with Gasteiger partial charge >= 0.3 is 0 Å². The fourth-order valence-corrected chi connectivity index (χ4v) is 4.07. The van der Waals surface area contributed by atoms with Crippen LogP contribution < -0.4 is 20.3 Å². The van der Waals surface area contributed by atoms with E-state index >= 15 is 0 Å². The van der Waals surface area contributed by atoms with E-state index < -0.39 is 5.91 Å². The first-order chi connectivity index (χ1) is 13.9. The van der Waals surface area contributed by atoms with E-state index in [0.717, 1.165) is 24.7 Å². The van der Waals surface area contributed by atoms with E-state index in [-0.39, 0.29) is 21.4 Å². The van der Waals surface area contributed by atoms with Crippen LogP contribution in [0.1, 0.15) is 30.1 Å². The first kappa shape index (κ1) is 21.7. The van der Waals surface area contributed by atoms with Gasteiger partial charge in [0.1, 0.15) is 5.75 Å². The molecule has 0 spiro atoms. The second-order valence-corrected chi connectivity index (χ2v) is 8.34. The second-order valence-electron chi connectivity index (χ2n) is 7.09. The van der Waals surface area contributed by atoms with Crippen molar-refractivity contribution in [3.8, 4) is 5.75 Å². The van der Waals surface area contributed by atoms with E-state index in [1.807, 2.05) is 12.1 Å². The van der Waals surface area contributed by atoms with Gasteiger partial charge in [-0.1, -0.05) is 30.1 Å². The lowest BCUT2D eigenvalue weighted by Crippen LogP contribution is -2.34. The van der Waals surface area contributed by atoms with E-state index in [1.165, 1.54) is 37.8 Å². The number of carbonyl (C=O) groups excluding carboxylic acids is 1. The third-order valence-corrected chi connectivity index (χ3v) is 5.66. The molecule has 0 unspecified atom stereocenters. The smallest absolute Gasteiger partial charge is 0.261 e. The third kappa shape index (κ3) is 5.53. The van der Waals surface area contributed by atoms with Crippen molar-refractivity contribution in [2.45, 2.75) is 19.8 Å². The highest BCUT2D eigenvalue weighted by molar-refractivity contribution is 7.80. The number of hydrogen-bond donors (Lipinski definition) is 2. The van der Waals surface area contributed by atoms with Crippen molar-refractivity contribution in [2.75, 3.05) is 30.4 Å². The van der Waals surface area contributed by atoms with Gasteiger partial charge in [0.05, 0.1) is 17.7 Å². The lowest BCUT2D eigenvalue weighted by molar-refractivity contribution is 0.0975. The van der Waals surface area contributed by atoms with E-state index in [2.05, 4.69) is 34.6 Å². The largest absolute Gasteiger partial charge is 0.494 e. The molecule has 3 rings (SSSR count). The molecule has 154 valence electrons. The molecule has 0 aromatic heterocycles. The number of nitrogens with one attached hydrogen (secondary N) is 2. The molecule has 2 aromatic rings. The van der Waals surface area contributed by atoms with Gasteiger partial charge in [0.25, 0.3) is 5.91 Å². The van der Waals surface area contributed by atoms with E-state index in [4.69, 9.17) is 40.2 Å². The quantitative estimate of drug-likeness (QED) is 0.612. The zero-order valence-electron chi connectivity index (χ0n) is 16.3. The Labute approximate surface area is 186 Å². The van der Waals surface area contributed by atoms with Gasteiger partial charge in [-0.25, -0.2) is 0 Å². The molecule has 8 heteroatoms. The van der Waals surface area contributed by atoms with Crippen LogP contribution in [0.4, 0.5) is 11.4 Å². The Morgan fingerprint density at radius 1 is 1.17 bits per heavy atom. The fraction of sp³-hybridized carbons (Fsp3) is 0.333. The van der Waals surface area contributed by atoms with Crippen molar-refractivity contribution in [3.63, 3.8) is 0 Å². The number of halogens is 2. The van der Waals surface area contributed by atoms with Gasteiger partial charge < -0.3 is 15.0 Å². The van der Waals surface area contributed by atoms with Gasteiger partial charge in [-0.05, 0) is 67.4 Å². The summed E-state index contributed by atoms with van der Waals surface area (Å²) in [6.45, 7) is 4.45. The average Bonchev–Trinajstić information content (AvgIpc) is 2.68. The Hall–Kier alpha value is -2.02. The molecule has 1 amide bonds. The molecule has 5 nitrogen and oxygen atoms in total. The van der Waals surface area contributed by atoms with Gasteiger partial charge in [0, 0.05) is 29.5 Å². The number of nitrogens with zero attached hydrogens (tertiary/aromatic N) is 1. The molecule has 29 heavy (non-hydrogen) atoms. The number of carbonyl (C=O) groups is 1. The van der Waals surface area contributed by atoms with Gasteiger partial charge in [-0.15, -0.1) is 0 Å². The van der Waals surface area contributed by atoms with E-state index in [0.29, 0.717) is 5.02 Å². The molecule has 0 saturated carbocycles. The van der Waals surface area contributed by atoms with Crippen molar-refractivity contribution in [1.82, 2.24) is 5.32 Å². The van der Waals surface area contributed by atoms with Crippen molar-refractivity contribution in [1.29, 1.82) is 0 Å². The molecule has 0 atom stereocenters. The Kier molecular flexibility index (Phi) is 7.22. The van der Waals surface area contributed by atoms with Crippen molar-refractivity contribution < 1.29 is 9.53 Å². The van der Waals surface area contributed by atoms with Gasteiger partial charge in [0.15, 0.2) is 5.11 Å². The SMILES string of the molecule is COc1c(Cl)cc(Cl)cc1C(=O)NC(=S)Nc1ccc(N2CCC(C)CC2)cc1. The number of benzene rings is 2. The van der Waals surface area contributed by atoms with E-state index in [1.54, 1.807) is 0 Å². The average molecular weight is 452 g/mol. The van der Waals surface area contributed by atoms with Crippen LogP contribution in [0.25, 0.3) is 0 Å². The molecule has 1 saturated heterocycles. The van der Waals surface area contributed by atoms with Crippen LogP contribution in [0.3, 0.4) is 0 Å². The number of piperidine rings is 1. The fourth-order valence-electron chi connectivity index (χ4n) is 3.29. The first-order valence-electron chi connectivity index (χ1n) is 9.37. The van der Waals surface area contributed by atoms with Crippen LogP contribution in [0.5, 0.6) is 5.75 Å². The molecule has 0 bridgehead atoms. The Bertz CT molecular complexity index is 898. The zero-order valence-corrected chi connectivity index (χ0v) is 18.6. The Morgan fingerprint density at radius 3 is 2.45 bits per heavy atom. The molecule has 0 aliphatic carbocycles. The van der Waals surface area contributed by atoms with E-state index in [9.17, 15) is 4.79 Å². The predicted molar refractivity (Wildman–Crippen MR) is 124 cm³/mol. The maximum atomic E-state index is 12.6. The highest BCUT2D eigenvalue weighted by Gasteiger charge is 2.18. The summed E-state index contributed by atoms with van der Waals surface area (Å²) in [5.74, 6) is 0.584. The lowest BCUT2D eigenvalue weighted by atomic mass is 9.99. The number of ether oxygens (including phenoxy) is 1. The summed E-state index contributed by atoms with van der Waals surface area (Å²) in [4.78, 5) is 15.0. The second kappa shape index (κ2) is 9.65. The molecule has 1 fully saturated rings. The van der Waals surface area contributed by atoms with Crippen LogP contribution in [0.2, 0.25) is 10.0 Å². The molecule has 2 aromatic carbocycles. The first-order valence-corrected chi connectivity index (χ1v) is 10.5. The van der Waals surface area contributed by atoms with Gasteiger partial charge in [-0.3, -0.25) is 10.1 Å². The summed E-state index contributed by atoms with van der Waals surface area (Å²) in [7, 11) is 1.44. The highest BCUT2D eigenvalue weighted by atomic mass is 35.5. The normalized spacial score (nSPS) is 14.4. The summed E-state index contributed by atoms with van der Waals surface area (Å²) in [6.07, 6.45) is 2.43. The summed E-state index contributed by atoms with van der Waals surface area (Å²) in [5, 5.41) is 6.42. The van der Waals surface area contributed by atoms with Crippen molar-refractivity contribution in [3.05, 3.63) is 52.0 Å². The number of anilines is 2. The number of rotatable bonds is 4. The van der Waals surface area contributed by atoms with Crippen LogP contribution in [-0.2, 0) is 0 Å². The minimum atomic E-state index is -0.456. The summed E-state index contributed by atoms with van der Waals surface area (Å²) in [5.41, 5.74) is 2.19. The van der Waals surface area contributed by atoms with Crippen LogP contribution in [0.15, 0.2) is 36.4 Å².